The summed E-state index contributed by atoms with van der Waals surface area (Å²) in [6, 6.07) is 15.7. The Kier molecular flexibility index (Phi) is 3.65. The Bertz CT molecular complexity index is 1160. The van der Waals surface area contributed by atoms with Gasteiger partial charge in [-0.3, -0.25) is 0 Å². The Balaban J connectivity index is 1.68. The number of para-hydroxylation sites is 2. The van der Waals surface area contributed by atoms with E-state index in [0.29, 0.717) is 17.6 Å². The van der Waals surface area contributed by atoms with Crippen LogP contribution < -0.4 is 11.1 Å². The van der Waals surface area contributed by atoms with Gasteiger partial charge in [0.1, 0.15) is 6.34 Å². The minimum atomic E-state index is 0.529. The number of nitrogen functional groups attached to an aromatic ring is 1. The van der Waals surface area contributed by atoms with Gasteiger partial charge in [-0.05, 0) is 24.3 Å². The maximum absolute atomic E-state index is 6.17. The molecule has 0 saturated carbocycles. The van der Waals surface area contributed by atoms with Crippen LogP contribution in [-0.2, 0) is 0 Å². The first kappa shape index (κ1) is 16.2. The van der Waals surface area contributed by atoms with Gasteiger partial charge in [-0.2, -0.15) is 0 Å². The van der Waals surface area contributed by atoms with Crippen LogP contribution in [0.5, 0.6) is 0 Å². The molecule has 3 aliphatic heterocycles. The Hall–Kier alpha value is -4.00. The van der Waals surface area contributed by atoms with Crippen molar-refractivity contribution in [3.8, 4) is 0 Å². The molecule has 7 nitrogen and oxygen atoms in total. The fourth-order valence-corrected chi connectivity index (χ4v) is 3.39. The Morgan fingerprint density at radius 2 is 1.68 bits per heavy atom. The van der Waals surface area contributed by atoms with Crippen LogP contribution in [-0.4, -0.2) is 35.9 Å². The van der Waals surface area contributed by atoms with Crippen molar-refractivity contribution in [3.63, 3.8) is 0 Å². The predicted molar refractivity (Wildman–Crippen MR) is 115 cm³/mol. The number of nitrogens with two attached hydrogens (primary N) is 1. The first-order chi connectivity index (χ1) is 13.7. The van der Waals surface area contributed by atoms with E-state index in [1.54, 1.807) is 0 Å². The van der Waals surface area contributed by atoms with Gasteiger partial charge < -0.3 is 11.1 Å². The van der Waals surface area contributed by atoms with E-state index >= 15 is 0 Å². The predicted octanol–water partition coefficient (Wildman–Crippen LogP) is 3.11. The van der Waals surface area contributed by atoms with Crippen molar-refractivity contribution in [1.29, 1.82) is 0 Å². The molecule has 0 fully saturated rings. The van der Waals surface area contributed by atoms with Gasteiger partial charge in [0.15, 0.2) is 0 Å². The molecule has 0 aromatic heterocycles. The minimum Gasteiger partial charge on any atom is -0.398 e. The SMILES string of the molecule is CNc1ccccc1C1=CC2=CC(c3ccccc3N)=NC3=NC=NC(=N1)N23. The molecule has 0 amide bonds. The lowest BCUT2D eigenvalue weighted by Gasteiger charge is -2.31. The topological polar surface area (TPSA) is 90.7 Å². The molecule has 0 spiro atoms. The molecule has 0 unspecified atom stereocenters. The van der Waals surface area contributed by atoms with Crippen molar-refractivity contribution in [3.05, 3.63) is 77.5 Å². The molecular weight excluding hydrogens is 350 g/mol. The van der Waals surface area contributed by atoms with Gasteiger partial charge in [-0.25, -0.2) is 24.9 Å². The van der Waals surface area contributed by atoms with Crippen LogP contribution in [0.4, 0.5) is 11.4 Å². The maximum Gasteiger partial charge on any atom is 0.239 e. The number of anilines is 2. The van der Waals surface area contributed by atoms with Gasteiger partial charge in [0.05, 0.1) is 17.1 Å². The average Bonchev–Trinajstić information content (AvgIpc) is 2.74. The summed E-state index contributed by atoms with van der Waals surface area (Å²) >= 11 is 0. The third-order valence-electron chi connectivity index (χ3n) is 4.72. The smallest absolute Gasteiger partial charge is 0.239 e. The molecular formula is C21H17N7. The summed E-state index contributed by atoms with van der Waals surface area (Å²) < 4.78 is 0. The van der Waals surface area contributed by atoms with Crippen molar-refractivity contribution in [2.45, 2.75) is 0 Å². The molecule has 0 radical (unpaired) electrons. The van der Waals surface area contributed by atoms with E-state index in [1.807, 2.05) is 72.6 Å². The zero-order chi connectivity index (χ0) is 19.1. The molecule has 3 heterocycles. The lowest BCUT2D eigenvalue weighted by molar-refractivity contribution is 0.738. The van der Waals surface area contributed by atoms with Gasteiger partial charge >= 0.3 is 0 Å². The van der Waals surface area contributed by atoms with Gasteiger partial charge in [-0.15, -0.1) is 0 Å². The molecule has 136 valence electrons. The lowest BCUT2D eigenvalue weighted by atomic mass is 10.0. The molecule has 0 saturated heterocycles. The minimum absolute atomic E-state index is 0.529. The molecule has 7 heteroatoms. The van der Waals surface area contributed by atoms with Crippen LogP contribution in [0.25, 0.3) is 5.70 Å². The van der Waals surface area contributed by atoms with Crippen molar-refractivity contribution in [2.24, 2.45) is 20.0 Å². The highest BCUT2D eigenvalue weighted by Gasteiger charge is 2.31. The number of allylic oxidation sites excluding steroid dienone is 2. The molecule has 0 atom stereocenters. The highest BCUT2D eigenvalue weighted by Crippen LogP contribution is 2.33. The van der Waals surface area contributed by atoms with Gasteiger partial charge in [0, 0.05) is 29.5 Å². The van der Waals surface area contributed by atoms with E-state index in [0.717, 1.165) is 33.9 Å². The second-order valence-electron chi connectivity index (χ2n) is 6.40. The number of benzene rings is 2. The maximum atomic E-state index is 6.17. The van der Waals surface area contributed by atoms with E-state index in [9.17, 15) is 0 Å². The van der Waals surface area contributed by atoms with Crippen molar-refractivity contribution in [2.75, 3.05) is 18.1 Å². The van der Waals surface area contributed by atoms with E-state index in [1.165, 1.54) is 6.34 Å². The van der Waals surface area contributed by atoms with E-state index in [4.69, 9.17) is 10.7 Å². The summed E-state index contributed by atoms with van der Waals surface area (Å²) in [7, 11) is 1.90. The second kappa shape index (κ2) is 6.31. The number of guanidine groups is 2. The molecule has 3 aliphatic rings. The molecule has 2 aromatic carbocycles. The number of rotatable bonds is 3. The largest absolute Gasteiger partial charge is 0.398 e. The number of hydrogen-bond donors (Lipinski definition) is 2. The molecule has 3 N–H and O–H groups in total. The van der Waals surface area contributed by atoms with Crippen LogP contribution in [0.3, 0.4) is 0 Å². The first-order valence-electron chi connectivity index (χ1n) is 8.88. The van der Waals surface area contributed by atoms with Crippen molar-refractivity contribution < 1.29 is 0 Å². The Morgan fingerprint density at radius 3 is 2.50 bits per heavy atom. The zero-order valence-corrected chi connectivity index (χ0v) is 15.2. The fraction of sp³-hybridized carbons (Fsp3) is 0.0476. The highest BCUT2D eigenvalue weighted by atomic mass is 15.4. The summed E-state index contributed by atoms with van der Waals surface area (Å²) in [5.74, 6) is 1.07. The Labute approximate surface area is 162 Å². The second-order valence-corrected chi connectivity index (χ2v) is 6.40. The lowest BCUT2D eigenvalue weighted by Crippen LogP contribution is -2.40. The van der Waals surface area contributed by atoms with Crippen LogP contribution >= 0.6 is 0 Å². The van der Waals surface area contributed by atoms with Crippen molar-refractivity contribution in [1.82, 2.24) is 4.90 Å². The highest BCUT2D eigenvalue weighted by molar-refractivity contribution is 6.23. The van der Waals surface area contributed by atoms with Crippen LogP contribution in [0, 0.1) is 0 Å². The quantitative estimate of drug-likeness (QED) is 0.817. The molecule has 5 rings (SSSR count). The van der Waals surface area contributed by atoms with Crippen molar-refractivity contribution >= 4 is 41.0 Å². The standard InChI is InChI=1S/C21H17N7/c1-23-17-9-5-3-7-15(17)19-11-13-10-18(14-6-2-4-8-16(14)22)26-20-24-12-25-21(27-19)28(13)20/h2-12,23H,22H2,1H3. The third-order valence-corrected chi connectivity index (χ3v) is 4.72. The fourth-order valence-electron chi connectivity index (χ4n) is 3.39. The number of nitrogens with zero attached hydrogens (tertiary/aromatic N) is 5. The zero-order valence-electron chi connectivity index (χ0n) is 15.2. The molecule has 28 heavy (non-hydrogen) atoms. The van der Waals surface area contributed by atoms with E-state index in [2.05, 4.69) is 20.3 Å². The molecule has 0 bridgehead atoms. The average molecular weight is 367 g/mol. The summed E-state index contributed by atoms with van der Waals surface area (Å²) in [4.78, 5) is 19.9. The summed E-state index contributed by atoms with van der Waals surface area (Å²) in [6.07, 6.45) is 5.49. The number of hydrogen-bond acceptors (Lipinski definition) is 7. The summed E-state index contributed by atoms with van der Waals surface area (Å²) in [5.41, 5.74) is 12.2. The number of aliphatic imine (C=N–C) groups is 4. The van der Waals surface area contributed by atoms with Crippen LogP contribution in [0.15, 0.2) is 86.3 Å². The monoisotopic (exact) mass is 367 g/mol. The van der Waals surface area contributed by atoms with Gasteiger partial charge in [0.2, 0.25) is 11.9 Å². The van der Waals surface area contributed by atoms with Crippen LogP contribution in [0.1, 0.15) is 11.1 Å². The first-order valence-corrected chi connectivity index (χ1v) is 8.88. The summed E-state index contributed by atoms with van der Waals surface area (Å²) in [5, 5.41) is 3.22. The molecule has 2 aromatic rings. The van der Waals surface area contributed by atoms with Crippen LogP contribution in [0.2, 0.25) is 0 Å². The third kappa shape index (κ3) is 2.52. The van der Waals surface area contributed by atoms with Gasteiger partial charge in [0.25, 0.3) is 0 Å². The van der Waals surface area contributed by atoms with E-state index < -0.39 is 0 Å². The Morgan fingerprint density at radius 1 is 0.893 bits per heavy atom. The van der Waals surface area contributed by atoms with E-state index in [-0.39, 0.29) is 0 Å². The molecule has 0 aliphatic carbocycles. The van der Waals surface area contributed by atoms with Gasteiger partial charge in [-0.1, -0.05) is 36.4 Å². The number of nitrogens with one attached hydrogen (secondary N) is 1. The normalized spacial score (nSPS) is 17.0. The summed E-state index contributed by atoms with van der Waals surface area (Å²) in [6.45, 7) is 0.